The van der Waals surface area contributed by atoms with Crippen molar-refractivity contribution in [1.82, 2.24) is 9.88 Å². The van der Waals surface area contributed by atoms with Crippen LogP contribution in [-0.4, -0.2) is 29.7 Å². The van der Waals surface area contributed by atoms with Gasteiger partial charge in [-0.05, 0) is 31.2 Å². The first kappa shape index (κ1) is 13.4. The highest BCUT2D eigenvalue weighted by atomic mass is 16.5. The highest BCUT2D eigenvalue weighted by molar-refractivity contribution is 5.79. The molecule has 1 aromatic heterocycles. The van der Waals surface area contributed by atoms with Crippen LogP contribution in [0.5, 0.6) is 0 Å². The van der Waals surface area contributed by atoms with Gasteiger partial charge in [0.05, 0.1) is 12.5 Å². The van der Waals surface area contributed by atoms with E-state index >= 15 is 0 Å². The zero-order valence-electron chi connectivity index (χ0n) is 11.7. The maximum absolute atomic E-state index is 12.1. The summed E-state index contributed by atoms with van der Waals surface area (Å²) in [5.41, 5.74) is 2.31. The van der Waals surface area contributed by atoms with Gasteiger partial charge in [-0.15, -0.1) is 0 Å². The van der Waals surface area contributed by atoms with Gasteiger partial charge in [0.15, 0.2) is 0 Å². The molecule has 20 heavy (non-hydrogen) atoms. The second-order valence-electron chi connectivity index (χ2n) is 5.71. The van der Waals surface area contributed by atoms with Gasteiger partial charge >= 0.3 is 0 Å². The summed E-state index contributed by atoms with van der Waals surface area (Å²) in [6.45, 7) is 1.23. The van der Waals surface area contributed by atoms with Crippen molar-refractivity contribution in [2.45, 2.75) is 31.7 Å². The van der Waals surface area contributed by atoms with E-state index in [1.807, 2.05) is 13.1 Å². The lowest BCUT2D eigenvalue weighted by molar-refractivity contribution is -0.125. The third kappa shape index (κ3) is 2.50. The molecule has 5 nitrogen and oxygen atoms in total. The largest absolute Gasteiger partial charge is 0.381 e. The highest BCUT2D eigenvalue weighted by Crippen LogP contribution is 2.20. The number of hydrogen-bond acceptors (Lipinski definition) is 3. The molecule has 2 heterocycles. The standard InChI is InChI=1S/C15H20N2O3/c1-17-13-4-3-12(8-10(13)2-5-14(17)18)16-15(19)11-6-7-20-9-11/h2,5,11-12H,3-4,6-9H2,1H3,(H,16,19)/t11-,12-/m0/s1. The lowest BCUT2D eigenvalue weighted by Gasteiger charge is -2.27. The Hall–Kier alpha value is -1.62. The van der Waals surface area contributed by atoms with Crippen LogP contribution in [0.3, 0.4) is 0 Å². The van der Waals surface area contributed by atoms with Crippen molar-refractivity contribution >= 4 is 5.91 Å². The van der Waals surface area contributed by atoms with Crippen LogP contribution in [0.2, 0.25) is 0 Å². The molecule has 3 rings (SSSR count). The van der Waals surface area contributed by atoms with E-state index in [1.165, 1.54) is 5.56 Å². The molecule has 5 heteroatoms. The fourth-order valence-corrected chi connectivity index (χ4v) is 3.10. The van der Waals surface area contributed by atoms with Crippen LogP contribution in [0.4, 0.5) is 0 Å². The van der Waals surface area contributed by atoms with Crippen LogP contribution >= 0.6 is 0 Å². The third-order valence-electron chi connectivity index (χ3n) is 4.38. The second kappa shape index (κ2) is 5.40. The number of rotatable bonds is 2. The summed E-state index contributed by atoms with van der Waals surface area (Å²) in [5.74, 6) is 0.122. The molecular formula is C15H20N2O3. The highest BCUT2D eigenvalue weighted by Gasteiger charge is 2.27. The number of aromatic nitrogens is 1. The van der Waals surface area contributed by atoms with Crippen molar-refractivity contribution in [3.8, 4) is 0 Å². The van der Waals surface area contributed by atoms with Crippen LogP contribution in [0.1, 0.15) is 24.1 Å². The molecule has 0 spiro atoms. The summed E-state index contributed by atoms with van der Waals surface area (Å²) in [6.07, 6.45) is 3.37. The Balaban J connectivity index is 1.68. The van der Waals surface area contributed by atoms with Crippen LogP contribution in [0.15, 0.2) is 16.9 Å². The first-order valence-corrected chi connectivity index (χ1v) is 7.21. The summed E-state index contributed by atoms with van der Waals surface area (Å²) in [7, 11) is 1.82. The smallest absolute Gasteiger partial charge is 0.250 e. The number of nitrogens with one attached hydrogen (secondary N) is 1. The average Bonchev–Trinajstić information content (AvgIpc) is 2.97. The molecule has 1 aliphatic carbocycles. The van der Waals surface area contributed by atoms with Gasteiger partial charge in [-0.1, -0.05) is 6.07 Å². The normalized spacial score (nSPS) is 25.2. The van der Waals surface area contributed by atoms with Crippen LogP contribution < -0.4 is 10.9 Å². The lowest BCUT2D eigenvalue weighted by Crippen LogP contribution is -2.43. The predicted octanol–water partition coefficient (Wildman–Crippen LogP) is 0.395. The van der Waals surface area contributed by atoms with Crippen LogP contribution in [0.25, 0.3) is 0 Å². The van der Waals surface area contributed by atoms with Crippen molar-refractivity contribution in [2.75, 3.05) is 13.2 Å². The van der Waals surface area contributed by atoms with E-state index in [-0.39, 0.29) is 23.4 Å². The quantitative estimate of drug-likeness (QED) is 0.850. The summed E-state index contributed by atoms with van der Waals surface area (Å²) in [5, 5.41) is 3.13. The summed E-state index contributed by atoms with van der Waals surface area (Å²) in [4.78, 5) is 23.7. The molecule has 0 unspecified atom stereocenters. The van der Waals surface area contributed by atoms with Gasteiger partial charge in [0.25, 0.3) is 0 Å². The van der Waals surface area contributed by atoms with Crippen molar-refractivity contribution in [2.24, 2.45) is 13.0 Å². The SMILES string of the molecule is Cn1c2c(ccc1=O)C[C@@H](NC(=O)[C@H]1CCOC1)CC2. The molecule has 0 radical (unpaired) electrons. The third-order valence-corrected chi connectivity index (χ3v) is 4.38. The molecule has 1 saturated heterocycles. The fourth-order valence-electron chi connectivity index (χ4n) is 3.10. The Bertz CT molecular complexity index is 573. The minimum Gasteiger partial charge on any atom is -0.381 e. The lowest BCUT2D eigenvalue weighted by atomic mass is 9.91. The van der Waals surface area contributed by atoms with Gasteiger partial charge in [-0.2, -0.15) is 0 Å². The average molecular weight is 276 g/mol. The Morgan fingerprint density at radius 3 is 3.00 bits per heavy atom. The number of carbonyl (C=O) groups is 1. The van der Waals surface area contributed by atoms with E-state index in [0.717, 1.165) is 31.4 Å². The fraction of sp³-hybridized carbons (Fsp3) is 0.600. The Morgan fingerprint density at radius 2 is 2.25 bits per heavy atom. The van der Waals surface area contributed by atoms with Gasteiger partial charge in [-0.3, -0.25) is 9.59 Å². The summed E-state index contributed by atoms with van der Waals surface area (Å²) in [6, 6.07) is 3.68. The molecule has 1 aliphatic heterocycles. The molecule has 2 atom stereocenters. The summed E-state index contributed by atoms with van der Waals surface area (Å²) < 4.78 is 6.97. The van der Waals surface area contributed by atoms with Crippen molar-refractivity contribution in [3.63, 3.8) is 0 Å². The topological polar surface area (TPSA) is 60.3 Å². The number of pyridine rings is 1. The van der Waals surface area contributed by atoms with Crippen LogP contribution in [-0.2, 0) is 29.4 Å². The molecule has 1 fully saturated rings. The monoisotopic (exact) mass is 276 g/mol. The van der Waals surface area contributed by atoms with Gasteiger partial charge in [0.1, 0.15) is 0 Å². The first-order chi connectivity index (χ1) is 9.65. The van der Waals surface area contributed by atoms with Crippen molar-refractivity contribution in [3.05, 3.63) is 33.7 Å². The molecule has 1 N–H and O–H groups in total. The number of carbonyl (C=O) groups excluding carboxylic acids is 1. The van der Waals surface area contributed by atoms with Gasteiger partial charge in [-0.25, -0.2) is 0 Å². The summed E-state index contributed by atoms with van der Waals surface area (Å²) >= 11 is 0. The number of nitrogens with zero attached hydrogens (tertiary/aromatic N) is 1. The van der Waals surface area contributed by atoms with E-state index in [2.05, 4.69) is 5.32 Å². The molecule has 1 amide bonds. The zero-order chi connectivity index (χ0) is 14.1. The van der Waals surface area contributed by atoms with Crippen LogP contribution in [0, 0.1) is 5.92 Å². The number of hydrogen-bond donors (Lipinski definition) is 1. The molecule has 2 aliphatic rings. The number of fused-ring (bicyclic) bond motifs is 1. The minimum atomic E-state index is 0.0107. The zero-order valence-corrected chi connectivity index (χ0v) is 11.7. The second-order valence-corrected chi connectivity index (χ2v) is 5.71. The maximum atomic E-state index is 12.1. The van der Waals surface area contributed by atoms with Crippen molar-refractivity contribution < 1.29 is 9.53 Å². The Morgan fingerprint density at radius 1 is 1.40 bits per heavy atom. The van der Waals surface area contributed by atoms with Gasteiger partial charge in [0, 0.05) is 31.5 Å². The van der Waals surface area contributed by atoms with E-state index < -0.39 is 0 Å². The molecule has 0 aromatic carbocycles. The number of amides is 1. The first-order valence-electron chi connectivity index (χ1n) is 7.21. The Labute approximate surface area is 117 Å². The van der Waals surface area contributed by atoms with E-state index in [9.17, 15) is 9.59 Å². The minimum absolute atomic E-state index is 0.0107. The van der Waals surface area contributed by atoms with Crippen molar-refractivity contribution in [1.29, 1.82) is 0 Å². The van der Waals surface area contributed by atoms with Gasteiger partial charge in [0.2, 0.25) is 11.5 Å². The van der Waals surface area contributed by atoms with E-state index in [4.69, 9.17) is 4.74 Å². The Kier molecular flexibility index (Phi) is 3.61. The maximum Gasteiger partial charge on any atom is 0.250 e. The molecule has 0 saturated carbocycles. The molecule has 1 aromatic rings. The van der Waals surface area contributed by atoms with E-state index in [1.54, 1.807) is 10.6 Å². The molecular weight excluding hydrogens is 256 g/mol. The van der Waals surface area contributed by atoms with E-state index in [0.29, 0.717) is 13.2 Å². The molecule has 0 bridgehead atoms. The number of ether oxygens (including phenoxy) is 1. The van der Waals surface area contributed by atoms with Gasteiger partial charge < -0.3 is 14.6 Å². The molecule has 108 valence electrons. The predicted molar refractivity (Wildman–Crippen MR) is 74.6 cm³/mol.